The Balaban J connectivity index is 2.13. The van der Waals surface area contributed by atoms with Gasteiger partial charge in [0.1, 0.15) is 11.7 Å². The van der Waals surface area contributed by atoms with Gasteiger partial charge in [0.2, 0.25) is 0 Å². The Hall–Kier alpha value is -2.22. The minimum Gasteiger partial charge on any atom is -0.544 e. The lowest BCUT2D eigenvalue weighted by Gasteiger charge is -2.35. The van der Waals surface area contributed by atoms with Gasteiger partial charge in [-0.2, -0.15) is 8.78 Å². The Kier molecular flexibility index (Phi) is 7.12. The molecule has 0 saturated heterocycles. The Labute approximate surface area is 156 Å². The topological polar surface area (TPSA) is 84.9 Å². The molecule has 0 N–H and O–H groups in total. The molecule has 150 valence electrons. The molecule has 1 aromatic carbocycles. The van der Waals surface area contributed by atoms with Crippen molar-refractivity contribution in [3.05, 3.63) is 29.8 Å². The molecular weight excluding hydrogens is 362 g/mol. The molecule has 0 amide bonds. The number of carbonyl (C=O) groups is 2. The zero-order valence-electron chi connectivity index (χ0n) is 15.3. The number of carboxylic acids is 1. The van der Waals surface area contributed by atoms with E-state index in [1.807, 2.05) is 0 Å². The van der Waals surface area contributed by atoms with Crippen LogP contribution in [0.2, 0.25) is 0 Å². The van der Waals surface area contributed by atoms with E-state index in [4.69, 9.17) is 14.2 Å². The van der Waals surface area contributed by atoms with E-state index in [0.29, 0.717) is 31.4 Å². The molecule has 1 aromatic rings. The van der Waals surface area contributed by atoms with Gasteiger partial charge >= 0.3 is 11.9 Å². The molecule has 1 saturated carbocycles. The van der Waals surface area contributed by atoms with E-state index >= 15 is 0 Å². The summed E-state index contributed by atoms with van der Waals surface area (Å²) in [5.41, 5.74) is 0.0161. The summed E-state index contributed by atoms with van der Waals surface area (Å²) in [6.07, 6.45) is 0.456. The van der Waals surface area contributed by atoms with Gasteiger partial charge < -0.3 is 24.1 Å². The van der Waals surface area contributed by atoms with Gasteiger partial charge in [0.05, 0.1) is 5.56 Å². The Morgan fingerprint density at radius 2 is 1.74 bits per heavy atom. The van der Waals surface area contributed by atoms with E-state index in [9.17, 15) is 23.5 Å². The number of hydrogen-bond acceptors (Lipinski definition) is 6. The average Bonchev–Trinajstić information content (AvgIpc) is 2.66. The summed E-state index contributed by atoms with van der Waals surface area (Å²) in [5, 5.41) is 10.9. The fourth-order valence-corrected chi connectivity index (χ4v) is 3.11. The molecule has 1 fully saturated rings. The zero-order chi connectivity index (χ0) is 20.0. The van der Waals surface area contributed by atoms with Crippen molar-refractivity contribution in [1.82, 2.24) is 0 Å². The van der Waals surface area contributed by atoms with Crippen molar-refractivity contribution in [2.45, 2.75) is 57.3 Å². The van der Waals surface area contributed by atoms with Crippen molar-refractivity contribution in [3.8, 4) is 5.75 Å². The highest BCUT2D eigenvalue weighted by Crippen LogP contribution is 2.36. The number of esters is 1. The molecule has 1 aliphatic rings. The van der Waals surface area contributed by atoms with Crippen molar-refractivity contribution < 1.29 is 37.7 Å². The molecular formula is C19H23F2O6-. The highest BCUT2D eigenvalue weighted by molar-refractivity contribution is 5.90. The zero-order valence-corrected chi connectivity index (χ0v) is 15.3. The van der Waals surface area contributed by atoms with Crippen molar-refractivity contribution in [2.24, 2.45) is 5.92 Å². The molecule has 6 nitrogen and oxygen atoms in total. The molecule has 0 heterocycles. The SMILES string of the molecule is COC(C)Oc1ccc(C(=O)OC(C2CCCCC2)C(F)(F)C(=O)[O-])cc1. The molecule has 0 aromatic heterocycles. The van der Waals surface area contributed by atoms with Gasteiger partial charge in [-0.05, 0) is 44.0 Å². The molecule has 1 aliphatic carbocycles. The maximum absolute atomic E-state index is 14.1. The summed E-state index contributed by atoms with van der Waals surface area (Å²) in [6.45, 7) is 1.68. The number of ether oxygens (including phenoxy) is 3. The maximum atomic E-state index is 14.1. The molecule has 0 spiro atoms. The summed E-state index contributed by atoms with van der Waals surface area (Å²) in [6, 6.07) is 5.65. The Bertz CT molecular complexity index is 640. The Morgan fingerprint density at radius 3 is 2.26 bits per heavy atom. The van der Waals surface area contributed by atoms with E-state index in [0.717, 1.165) is 6.42 Å². The van der Waals surface area contributed by atoms with Crippen LogP contribution >= 0.6 is 0 Å². The first-order valence-corrected chi connectivity index (χ1v) is 8.85. The molecule has 2 unspecified atom stereocenters. The fraction of sp³-hybridized carbons (Fsp3) is 0.579. The highest BCUT2D eigenvalue weighted by Gasteiger charge is 2.48. The van der Waals surface area contributed by atoms with Crippen LogP contribution in [-0.4, -0.2) is 37.4 Å². The normalized spacial score (nSPS) is 17.8. The minimum atomic E-state index is -4.26. The number of rotatable bonds is 8. The number of aliphatic carboxylic acids is 1. The molecule has 27 heavy (non-hydrogen) atoms. The summed E-state index contributed by atoms with van der Waals surface area (Å²) >= 11 is 0. The molecule has 2 atom stereocenters. The summed E-state index contributed by atoms with van der Waals surface area (Å²) < 4.78 is 43.6. The van der Waals surface area contributed by atoms with Gasteiger partial charge in [-0.15, -0.1) is 0 Å². The molecule has 2 rings (SSSR count). The third-order valence-electron chi connectivity index (χ3n) is 4.67. The lowest BCUT2D eigenvalue weighted by molar-refractivity contribution is -0.337. The second kappa shape index (κ2) is 9.12. The first kappa shape index (κ1) is 21.1. The van der Waals surface area contributed by atoms with Crippen molar-refractivity contribution in [1.29, 1.82) is 0 Å². The van der Waals surface area contributed by atoms with Gasteiger partial charge in [0, 0.05) is 13.0 Å². The number of benzene rings is 1. The number of halogens is 2. The number of carbonyl (C=O) groups excluding carboxylic acids is 2. The summed E-state index contributed by atoms with van der Waals surface area (Å²) in [7, 11) is 1.47. The minimum absolute atomic E-state index is 0.0161. The van der Waals surface area contributed by atoms with Crippen LogP contribution in [0.15, 0.2) is 24.3 Å². The van der Waals surface area contributed by atoms with Crippen LogP contribution in [0, 0.1) is 5.92 Å². The lowest BCUT2D eigenvalue weighted by Crippen LogP contribution is -2.54. The first-order valence-electron chi connectivity index (χ1n) is 8.85. The molecule has 0 radical (unpaired) electrons. The quantitative estimate of drug-likeness (QED) is 0.505. The van der Waals surface area contributed by atoms with Crippen LogP contribution in [-0.2, 0) is 14.3 Å². The van der Waals surface area contributed by atoms with E-state index in [2.05, 4.69) is 0 Å². The lowest BCUT2D eigenvalue weighted by atomic mass is 9.83. The summed E-state index contributed by atoms with van der Waals surface area (Å²) in [5.74, 6) is -8.11. The van der Waals surface area contributed by atoms with E-state index < -0.39 is 36.2 Å². The third kappa shape index (κ3) is 5.38. The number of hydrogen-bond donors (Lipinski definition) is 0. The fourth-order valence-electron chi connectivity index (χ4n) is 3.11. The largest absolute Gasteiger partial charge is 0.544 e. The standard InChI is InChI=1S/C19H24F2O6/c1-12(25-2)26-15-10-8-14(9-11-15)17(22)27-16(19(20,21)18(23)24)13-6-4-3-5-7-13/h8-13,16H,3-7H2,1-2H3,(H,23,24)/p-1. The van der Waals surface area contributed by atoms with Gasteiger partial charge in [0.15, 0.2) is 12.4 Å². The highest BCUT2D eigenvalue weighted by atomic mass is 19.3. The summed E-state index contributed by atoms with van der Waals surface area (Å²) in [4.78, 5) is 23.2. The molecule has 8 heteroatoms. The van der Waals surface area contributed by atoms with Gasteiger partial charge in [-0.1, -0.05) is 19.3 Å². The number of methoxy groups -OCH3 is 1. The van der Waals surface area contributed by atoms with Crippen molar-refractivity contribution in [3.63, 3.8) is 0 Å². The van der Waals surface area contributed by atoms with Crippen molar-refractivity contribution in [2.75, 3.05) is 7.11 Å². The average molecular weight is 385 g/mol. The van der Waals surface area contributed by atoms with E-state index in [1.54, 1.807) is 6.92 Å². The second-order valence-electron chi connectivity index (χ2n) is 6.58. The van der Waals surface area contributed by atoms with Crippen LogP contribution in [0.4, 0.5) is 8.78 Å². The predicted octanol–water partition coefficient (Wildman–Crippen LogP) is 2.55. The predicted molar refractivity (Wildman–Crippen MR) is 89.3 cm³/mol. The second-order valence-corrected chi connectivity index (χ2v) is 6.58. The van der Waals surface area contributed by atoms with Crippen LogP contribution in [0.1, 0.15) is 49.4 Å². The van der Waals surface area contributed by atoms with Crippen LogP contribution in [0.25, 0.3) is 0 Å². The van der Waals surface area contributed by atoms with Crippen LogP contribution in [0.5, 0.6) is 5.75 Å². The maximum Gasteiger partial charge on any atom is 0.338 e. The smallest absolute Gasteiger partial charge is 0.338 e. The van der Waals surface area contributed by atoms with Gasteiger partial charge in [-0.3, -0.25) is 0 Å². The van der Waals surface area contributed by atoms with Crippen LogP contribution < -0.4 is 9.84 Å². The van der Waals surface area contributed by atoms with E-state index in [1.165, 1.54) is 31.4 Å². The monoisotopic (exact) mass is 385 g/mol. The number of carboxylic acid groups (broad SMARTS) is 1. The molecule has 0 aliphatic heterocycles. The third-order valence-corrected chi connectivity index (χ3v) is 4.67. The Morgan fingerprint density at radius 1 is 1.15 bits per heavy atom. The number of alkyl halides is 2. The van der Waals surface area contributed by atoms with Gasteiger partial charge in [0.25, 0.3) is 0 Å². The molecule has 0 bridgehead atoms. The van der Waals surface area contributed by atoms with Gasteiger partial charge in [-0.25, -0.2) is 4.79 Å². The first-order chi connectivity index (χ1) is 12.8. The van der Waals surface area contributed by atoms with Crippen molar-refractivity contribution >= 4 is 11.9 Å². The van der Waals surface area contributed by atoms with Crippen LogP contribution in [0.3, 0.4) is 0 Å². The van der Waals surface area contributed by atoms with E-state index in [-0.39, 0.29) is 5.56 Å².